The molecule has 0 radical (unpaired) electrons. The summed E-state index contributed by atoms with van der Waals surface area (Å²) in [6, 6.07) is 11.8. The maximum absolute atomic E-state index is 14.3. The van der Waals surface area contributed by atoms with Crippen LogP contribution in [0.15, 0.2) is 53.0 Å². The van der Waals surface area contributed by atoms with Crippen LogP contribution >= 0.6 is 34.7 Å². The standard InChI is InChI=1S/C22H20ClFN4O2S2/c1-14(29)28(19-6-4-3-5-17(19)24)22-25-16(13-32-22)12-31-21-26-18-11-15(23)7-8-20(18)27(21)9-10-30-2/h3-8,11,13H,9-10,12H2,1-2H3. The number of hydrogen-bond donors (Lipinski definition) is 0. The fourth-order valence-electron chi connectivity index (χ4n) is 3.23. The predicted octanol–water partition coefficient (Wildman–Crippen LogP) is 5.91. The second-order valence-corrected chi connectivity index (χ2v) is 9.10. The highest BCUT2D eigenvalue weighted by molar-refractivity contribution is 7.98. The van der Waals surface area contributed by atoms with E-state index in [-0.39, 0.29) is 11.6 Å². The van der Waals surface area contributed by atoms with Crippen molar-refractivity contribution in [1.82, 2.24) is 14.5 Å². The minimum atomic E-state index is -0.473. The number of fused-ring (bicyclic) bond motifs is 1. The molecule has 0 N–H and O–H groups in total. The van der Waals surface area contributed by atoms with Gasteiger partial charge in [0, 0.05) is 36.7 Å². The first-order valence-electron chi connectivity index (χ1n) is 9.75. The van der Waals surface area contributed by atoms with Crippen molar-refractivity contribution in [2.75, 3.05) is 18.6 Å². The van der Waals surface area contributed by atoms with Crippen LogP contribution in [-0.2, 0) is 21.8 Å². The number of para-hydroxylation sites is 1. The van der Waals surface area contributed by atoms with Crippen molar-refractivity contribution in [2.24, 2.45) is 0 Å². The van der Waals surface area contributed by atoms with Crippen LogP contribution < -0.4 is 4.90 Å². The van der Waals surface area contributed by atoms with Gasteiger partial charge in [-0.1, -0.05) is 35.5 Å². The summed E-state index contributed by atoms with van der Waals surface area (Å²) in [5, 5.41) is 3.76. The number of aromatic nitrogens is 3. The number of rotatable bonds is 8. The number of methoxy groups -OCH3 is 1. The van der Waals surface area contributed by atoms with Crippen molar-refractivity contribution >= 4 is 62.5 Å². The highest BCUT2D eigenvalue weighted by Crippen LogP contribution is 2.33. The second-order valence-electron chi connectivity index (χ2n) is 6.89. The van der Waals surface area contributed by atoms with Crippen molar-refractivity contribution in [3.63, 3.8) is 0 Å². The number of hydrogen-bond acceptors (Lipinski definition) is 6. The van der Waals surface area contributed by atoms with Crippen molar-refractivity contribution in [3.8, 4) is 0 Å². The van der Waals surface area contributed by atoms with Crippen LogP contribution in [-0.4, -0.2) is 34.2 Å². The SMILES string of the molecule is COCCn1c(SCc2csc(N(C(C)=O)c3ccccc3F)n2)nc2cc(Cl)ccc21. The average Bonchev–Trinajstić information content (AvgIpc) is 3.36. The molecule has 1 amide bonds. The lowest BCUT2D eigenvalue weighted by atomic mass is 10.3. The molecule has 2 heterocycles. The molecule has 0 aliphatic rings. The molecule has 2 aromatic heterocycles. The fourth-order valence-corrected chi connectivity index (χ4v) is 5.32. The highest BCUT2D eigenvalue weighted by Gasteiger charge is 2.21. The Morgan fingerprint density at radius 2 is 2.09 bits per heavy atom. The zero-order valence-electron chi connectivity index (χ0n) is 17.4. The minimum Gasteiger partial charge on any atom is -0.383 e. The third-order valence-electron chi connectivity index (χ3n) is 4.68. The van der Waals surface area contributed by atoms with Crippen LogP contribution in [0.1, 0.15) is 12.6 Å². The zero-order chi connectivity index (χ0) is 22.7. The van der Waals surface area contributed by atoms with E-state index < -0.39 is 5.82 Å². The number of thioether (sulfide) groups is 1. The molecule has 0 bridgehead atoms. The molecular formula is C22H20ClFN4O2S2. The van der Waals surface area contributed by atoms with E-state index in [0.717, 1.165) is 21.9 Å². The Morgan fingerprint density at radius 1 is 1.28 bits per heavy atom. The topological polar surface area (TPSA) is 60.2 Å². The van der Waals surface area contributed by atoms with Crippen LogP contribution in [0.2, 0.25) is 5.02 Å². The van der Waals surface area contributed by atoms with Gasteiger partial charge in [0.25, 0.3) is 0 Å². The highest BCUT2D eigenvalue weighted by atomic mass is 35.5. The number of amides is 1. The molecule has 0 aliphatic heterocycles. The molecule has 2 aromatic carbocycles. The summed E-state index contributed by atoms with van der Waals surface area (Å²) in [6.45, 7) is 2.61. The Balaban J connectivity index is 1.57. The number of anilines is 2. The van der Waals surface area contributed by atoms with E-state index in [0.29, 0.717) is 29.1 Å². The molecule has 4 aromatic rings. The molecule has 4 rings (SSSR count). The molecular weight excluding hydrogens is 471 g/mol. The average molecular weight is 491 g/mol. The second kappa shape index (κ2) is 9.99. The third kappa shape index (κ3) is 4.80. The van der Waals surface area contributed by atoms with Crippen LogP contribution in [0.4, 0.5) is 15.2 Å². The van der Waals surface area contributed by atoms with Gasteiger partial charge in [-0.25, -0.2) is 14.4 Å². The fraction of sp³-hybridized carbons (Fsp3) is 0.227. The summed E-state index contributed by atoms with van der Waals surface area (Å²) in [4.78, 5) is 22.8. The van der Waals surface area contributed by atoms with Crippen LogP contribution in [0.3, 0.4) is 0 Å². The molecule has 0 saturated heterocycles. The Kier molecular flexibility index (Phi) is 7.10. The van der Waals surface area contributed by atoms with Gasteiger partial charge in [0.2, 0.25) is 5.91 Å². The number of carbonyl (C=O) groups is 1. The van der Waals surface area contributed by atoms with Gasteiger partial charge in [-0.2, -0.15) is 0 Å². The lowest BCUT2D eigenvalue weighted by Gasteiger charge is -2.18. The first kappa shape index (κ1) is 22.7. The normalized spacial score (nSPS) is 11.2. The number of benzene rings is 2. The van der Waals surface area contributed by atoms with Gasteiger partial charge in [0.15, 0.2) is 10.3 Å². The summed E-state index contributed by atoms with van der Waals surface area (Å²) >= 11 is 8.96. The Hall–Kier alpha value is -2.46. The number of carbonyl (C=O) groups excluding carboxylic acids is 1. The van der Waals surface area contributed by atoms with E-state index >= 15 is 0 Å². The summed E-state index contributed by atoms with van der Waals surface area (Å²) in [6.07, 6.45) is 0. The molecule has 0 aliphatic carbocycles. The summed E-state index contributed by atoms with van der Waals surface area (Å²) < 4.78 is 21.6. The van der Waals surface area contributed by atoms with Crippen molar-refractivity contribution in [2.45, 2.75) is 24.4 Å². The Bertz CT molecular complexity index is 1260. The Labute approximate surface area is 198 Å². The zero-order valence-corrected chi connectivity index (χ0v) is 19.8. The summed E-state index contributed by atoms with van der Waals surface area (Å²) in [7, 11) is 1.66. The quantitative estimate of drug-likeness (QED) is 0.287. The molecule has 166 valence electrons. The lowest BCUT2D eigenvalue weighted by Crippen LogP contribution is -2.23. The number of thiazole rings is 1. The molecule has 0 spiro atoms. The van der Waals surface area contributed by atoms with Gasteiger partial charge in [0.05, 0.1) is 29.0 Å². The number of ether oxygens (including phenoxy) is 1. The molecule has 0 fully saturated rings. The number of halogens is 2. The molecule has 32 heavy (non-hydrogen) atoms. The summed E-state index contributed by atoms with van der Waals surface area (Å²) in [5.74, 6) is -0.231. The van der Waals surface area contributed by atoms with Crippen molar-refractivity contribution < 1.29 is 13.9 Å². The largest absolute Gasteiger partial charge is 0.383 e. The molecule has 0 atom stereocenters. The lowest BCUT2D eigenvalue weighted by molar-refractivity contribution is -0.115. The number of nitrogens with zero attached hydrogens (tertiary/aromatic N) is 4. The first-order valence-corrected chi connectivity index (χ1v) is 12.0. The van der Waals surface area contributed by atoms with E-state index in [1.54, 1.807) is 25.3 Å². The predicted molar refractivity (Wildman–Crippen MR) is 128 cm³/mol. The molecule has 6 nitrogen and oxygen atoms in total. The maximum Gasteiger partial charge on any atom is 0.230 e. The number of imidazole rings is 1. The van der Waals surface area contributed by atoms with E-state index in [1.807, 2.05) is 23.6 Å². The maximum atomic E-state index is 14.3. The van der Waals surface area contributed by atoms with Gasteiger partial charge in [-0.15, -0.1) is 11.3 Å². The molecule has 10 heteroatoms. The van der Waals surface area contributed by atoms with Gasteiger partial charge < -0.3 is 9.30 Å². The van der Waals surface area contributed by atoms with E-state index in [4.69, 9.17) is 21.3 Å². The molecule has 0 saturated carbocycles. The smallest absolute Gasteiger partial charge is 0.230 e. The monoisotopic (exact) mass is 490 g/mol. The first-order chi connectivity index (χ1) is 15.5. The van der Waals surface area contributed by atoms with Gasteiger partial charge in [-0.3, -0.25) is 9.69 Å². The van der Waals surface area contributed by atoms with E-state index in [2.05, 4.69) is 9.55 Å². The van der Waals surface area contributed by atoms with E-state index in [9.17, 15) is 9.18 Å². The van der Waals surface area contributed by atoms with Gasteiger partial charge in [-0.05, 0) is 30.3 Å². The van der Waals surface area contributed by atoms with Crippen molar-refractivity contribution in [1.29, 1.82) is 0 Å². The van der Waals surface area contributed by atoms with Crippen LogP contribution in [0.25, 0.3) is 11.0 Å². The van der Waals surface area contributed by atoms with Gasteiger partial charge in [0.1, 0.15) is 5.82 Å². The van der Waals surface area contributed by atoms with Crippen LogP contribution in [0, 0.1) is 5.82 Å². The van der Waals surface area contributed by atoms with E-state index in [1.165, 1.54) is 41.0 Å². The van der Waals surface area contributed by atoms with Gasteiger partial charge >= 0.3 is 0 Å². The van der Waals surface area contributed by atoms with Crippen molar-refractivity contribution in [3.05, 3.63) is 64.4 Å². The Morgan fingerprint density at radius 3 is 2.84 bits per heavy atom. The van der Waals surface area contributed by atoms with Crippen LogP contribution in [0.5, 0.6) is 0 Å². The minimum absolute atomic E-state index is 0.187. The summed E-state index contributed by atoms with van der Waals surface area (Å²) in [5.41, 5.74) is 2.76. The third-order valence-corrected chi connectivity index (χ3v) is 6.80. The molecule has 0 unspecified atom stereocenters.